The monoisotopic (exact) mass is 385 g/mol. The van der Waals surface area contributed by atoms with Crippen LogP contribution >= 0.6 is 0 Å². The van der Waals surface area contributed by atoms with Crippen molar-refractivity contribution in [2.75, 3.05) is 7.11 Å². The van der Waals surface area contributed by atoms with Crippen LogP contribution in [0.15, 0.2) is 54.9 Å². The van der Waals surface area contributed by atoms with Crippen molar-refractivity contribution in [3.8, 4) is 28.6 Å². The molecular formula is C22H19N5O2. The lowest BCUT2D eigenvalue weighted by molar-refractivity contribution is 0.414. The van der Waals surface area contributed by atoms with Gasteiger partial charge in [0, 0.05) is 11.8 Å². The maximum absolute atomic E-state index is 10.2. The molecule has 3 heterocycles. The van der Waals surface area contributed by atoms with Crippen molar-refractivity contribution >= 4 is 16.7 Å². The lowest BCUT2D eigenvalue weighted by atomic mass is 10.2. The van der Waals surface area contributed by atoms with Crippen LogP contribution in [0.1, 0.15) is 11.3 Å². The molecule has 0 unspecified atom stereocenters. The number of fused-ring (bicyclic) bond motifs is 3. The van der Waals surface area contributed by atoms with Crippen molar-refractivity contribution in [3.63, 3.8) is 0 Å². The molecule has 0 atom stereocenters. The first-order valence-corrected chi connectivity index (χ1v) is 9.24. The largest absolute Gasteiger partial charge is 0.507 e. The molecule has 0 aliphatic rings. The molecular weight excluding hydrogens is 366 g/mol. The second-order valence-corrected chi connectivity index (χ2v) is 6.91. The van der Waals surface area contributed by atoms with Crippen molar-refractivity contribution in [2.45, 2.75) is 13.8 Å². The Labute approximate surface area is 166 Å². The van der Waals surface area contributed by atoms with Crippen molar-refractivity contribution in [3.05, 3.63) is 66.1 Å². The Morgan fingerprint density at radius 3 is 2.62 bits per heavy atom. The van der Waals surface area contributed by atoms with Gasteiger partial charge in [0.05, 0.1) is 23.7 Å². The van der Waals surface area contributed by atoms with Gasteiger partial charge in [0.15, 0.2) is 17.1 Å². The van der Waals surface area contributed by atoms with Crippen molar-refractivity contribution in [1.29, 1.82) is 0 Å². The van der Waals surface area contributed by atoms with Gasteiger partial charge >= 0.3 is 0 Å². The van der Waals surface area contributed by atoms with E-state index < -0.39 is 0 Å². The Hall–Kier alpha value is -3.87. The van der Waals surface area contributed by atoms with Crippen LogP contribution < -0.4 is 4.74 Å². The summed E-state index contributed by atoms with van der Waals surface area (Å²) in [7, 11) is 1.66. The predicted molar refractivity (Wildman–Crippen MR) is 111 cm³/mol. The molecule has 144 valence electrons. The van der Waals surface area contributed by atoms with E-state index in [1.54, 1.807) is 36.2 Å². The van der Waals surface area contributed by atoms with Gasteiger partial charge in [0.25, 0.3) is 0 Å². The number of methoxy groups -OCH3 is 1. The maximum Gasteiger partial charge on any atom is 0.185 e. The summed E-state index contributed by atoms with van der Waals surface area (Å²) >= 11 is 0. The van der Waals surface area contributed by atoms with Crippen molar-refractivity contribution in [1.82, 2.24) is 24.1 Å². The summed E-state index contributed by atoms with van der Waals surface area (Å²) in [5, 5.41) is 15.6. The van der Waals surface area contributed by atoms with E-state index in [0.717, 1.165) is 33.7 Å². The molecule has 7 heteroatoms. The summed E-state index contributed by atoms with van der Waals surface area (Å²) < 4.78 is 9.14. The van der Waals surface area contributed by atoms with Crippen LogP contribution in [0, 0.1) is 13.8 Å². The number of aromatic hydroxyl groups is 1. The summed E-state index contributed by atoms with van der Waals surface area (Å²) in [4.78, 5) is 9.40. The molecule has 0 fully saturated rings. The minimum Gasteiger partial charge on any atom is -0.507 e. The van der Waals surface area contributed by atoms with Gasteiger partial charge < -0.3 is 9.84 Å². The zero-order valence-corrected chi connectivity index (χ0v) is 16.3. The number of ether oxygens (including phenoxy) is 1. The van der Waals surface area contributed by atoms with E-state index in [1.807, 2.05) is 30.3 Å². The van der Waals surface area contributed by atoms with E-state index in [9.17, 15) is 5.11 Å². The molecule has 2 aromatic carbocycles. The van der Waals surface area contributed by atoms with Gasteiger partial charge in [-0.3, -0.25) is 4.57 Å². The summed E-state index contributed by atoms with van der Waals surface area (Å²) in [6, 6.07) is 14.9. The fraction of sp³-hybridized carbons (Fsp3) is 0.136. The zero-order chi connectivity index (χ0) is 20.1. The molecule has 0 saturated carbocycles. The first kappa shape index (κ1) is 17.2. The third-order valence-electron chi connectivity index (χ3n) is 5.29. The Morgan fingerprint density at radius 2 is 1.83 bits per heavy atom. The zero-order valence-electron chi connectivity index (χ0n) is 16.3. The first-order chi connectivity index (χ1) is 14.1. The van der Waals surface area contributed by atoms with Crippen LogP contribution in [0.25, 0.3) is 33.8 Å². The number of phenolic OH excluding ortho intramolecular Hbond substituents is 1. The summed E-state index contributed by atoms with van der Waals surface area (Å²) in [6.07, 6.45) is 1.66. The van der Waals surface area contributed by atoms with Gasteiger partial charge in [0.1, 0.15) is 17.8 Å². The molecule has 5 aromatic rings. The highest BCUT2D eigenvalue weighted by Gasteiger charge is 2.20. The number of para-hydroxylation sites is 1. The van der Waals surface area contributed by atoms with E-state index in [4.69, 9.17) is 9.72 Å². The molecule has 29 heavy (non-hydrogen) atoms. The quantitative estimate of drug-likeness (QED) is 0.507. The van der Waals surface area contributed by atoms with Crippen LogP contribution in [0.3, 0.4) is 0 Å². The highest BCUT2D eigenvalue weighted by molar-refractivity contribution is 5.95. The SMILES string of the molecule is COc1cccc(-n2c(C)c(C)c3c2ncn2nc(-c4ccccc4O)nc32)c1. The Bertz CT molecular complexity index is 1380. The number of hydrogen-bond donors (Lipinski definition) is 1. The lowest BCUT2D eigenvalue weighted by Crippen LogP contribution is -1.99. The molecule has 0 amide bonds. The van der Waals surface area contributed by atoms with Gasteiger partial charge in [-0.2, -0.15) is 0 Å². The average Bonchev–Trinajstić information content (AvgIpc) is 3.27. The van der Waals surface area contributed by atoms with Gasteiger partial charge in [-0.25, -0.2) is 14.5 Å². The minimum absolute atomic E-state index is 0.148. The van der Waals surface area contributed by atoms with Gasteiger partial charge in [-0.15, -0.1) is 5.10 Å². The predicted octanol–water partition coefficient (Wildman–Crippen LogP) is 4.07. The van der Waals surface area contributed by atoms with Gasteiger partial charge in [-0.05, 0) is 43.7 Å². The Balaban J connectivity index is 1.79. The van der Waals surface area contributed by atoms with E-state index in [2.05, 4.69) is 28.5 Å². The molecule has 5 rings (SSSR count). The molecule has 0 saturated heterocycles. The number of hydrogen-bond acceptors (Lipinski definition) is 5. The Kier molecular flexibility index (Phi) is 3.77. The third-order valence-corrected chi connectivity index (χ3v) is 5.29. The topological polar surface area (TPSA) is 77.5 Å². The first-order valence-electron chi connectivity index (χ1n) is 9.24. The van der Waals surface area contributed by atoms with Gasteiger partial charge in [-0.1, -0.05) is 18.2 Å². The molecule has 7 nitrogen and oxygen atoms in total. The van der Waals surface area contributed by atoms with E-state index in [1.165, 1.54) is 0 Å². The standard InChI is InChI=1S/C22H19N5O2/c1-13-14(2)27(15-7-6-8-16(11-15)29-3)21-19(13)22-24-20(25-26(22)12-23-21)17-9-4-5-10-18(17)28/h4-12,28H,1-3H3. The van der Waals surface area contributed by atoms with Gasteiger partial charge in [0.2, 0.25) is 0 Å². The number of phenols is 1. The van der Waals surface area contributed by atoms with E-state index >= 15 is 0 Å². The van der Waals surface area contributed by atoms with Crippen LogP contribution in [0.5, 0.6) is 11.5 Å². The maximum atomic E-state index is 10.2. The third kappa shape index (κ3) is 2.55. The number of benzene rings is 2. The molecule has 0 bridgehead atoms. The summed E-state index contributed by atoms with van der Waals surface area (Å²) in [5.74, 6) is 1.39. The second-order valence-electron chi connectivity index (χ2n) is 6.91. The fourth-order valence-electron chi connectivity index (χ4n) is 3.70. The Morgan fingerprint density at radius 1 is 1.00 bits per heavy atom. The molecule has 0 aliphatic heterocycles. The normalized spacial score (nSPS) is 11.4. The number of rotatable bonds is 3. The number of aryl methyl sites for hydroxylation is 1. The molecule has 0 radical (unpaired) electrons. The number of aromatic nitrogens is 5. The minimum atomic E-state index is 0.148. The van der Waals surface area contributed by atoms with Crippen molar-refractivity contribution in [2.24, 2.45) is 0 Å². The van der Waals surface area contributed by atoms with E-state index in [-0.39, 0.29) is 5.75 Å². The molecule has 3 aromatic heterocycles. The number of nitrogens with zero attached hydrogens (tertiary/aromatic N) is 5. The smallest absolute Gasteiger partial charge is 0.185 e. The lowest BCUT2D eigenvalue weighted by Gasteiger charge is -2.09. The molecule has 0 spiro atoms. The van der Waals surface area contributed by atoms with Crippen LogP contribution in [-0.2, 0) is 0 Å². The molecule has 0 aliphatic carbocycles. The summed E-state index contributed by atoms with van der Waals surface area (Å²) in [5.41, 5.74) is 5.22. The molecule has 1 N–H and O–H groups in total. The highest BCUT2D eigenvalue weighted by atomic mass is 16.5. The highest BCUT2D eigenvalue weighted by Crippen LogP contribution is 2.32. The van der Waals surface area contributed by atoms with Crippen LogP contribution in [0.4, 0.5) is 0 Å². The van der Waals surface area contributed by atoms with Crippen LogP contribution in [0.2, 0.25) is 0 Å². The average molecular weight is 385 g/mol. The van der Waals surface area contributed by atoms with Crippen molar-refractivity contribution < 1.29 is 9.84 Å². The van der Waals surface area contributed by atoms with E-state index in [0.29, 0.717) is 17.0 Å². The summed E-state index contributed by atoms with van der Waals surface area (Å²) in [6.45, 7) is 4.12. The van der Waals surface area contributed by atoms with Crippen LogP contribution in [-0.4, -0.2) is 36.4 Å². The fourth-order valence-corrected chi connectivity index (χ4v) is 3.70. The second kappa shape index (κ2) is 6.34.